The molecule has 0 aliphatic heterocycles. The predicted octanol–water partition coefficient (Wildman–Crippen LogP) is 4.91. The first-order valence-electron chi connectivity index (χ1n) is 8.32. The van der Waals surface area contributed by atoms with Gasteiger partial charge in [0.1, 0.15) is 11.6 Å². The van der Waals surface area contributed by atoms with Gasteiger partial charge in [0.05, 0.1) is 11.9 Å². The van der Waals surface area contributed by atoms with E-state index in [1.807, 2.05) is 25.8 Å². The van der Waals surface area contributed by atoms with Crippen LogP contribution in [-0.4, -0.2) is 34.8 Å². The summed E-state index contributed by atoms with van der Waals surface area (Å²) in [6, 6.07) is 2.45. The third-order valence-corrected chi connectivity index (χ3v) is 3.84. The van der Waals surface area contributed by atoms with Crippen molar-refractivity contribution in [3.63, 3.8) is 0 Å². The highest BCUT2D eigenvalue weighted by Gasteiger charge is 2.34. The Bertz CT molecular complexity index is 837. The van der Waals surface area contributed by atoms with Crippen LogP contribution in [0.1, 0.15) is 30.7 Å². The molecule has 0 bridgehead atoms. The predicted molar refractivity (Wildman–Crippen MR) is 94.1 cm³/mol. The lowest BCUT2D eigenvalue weighted by atomic mass is 10.1. The monoisotopic (exact) mass is 384 g/mol. The maximum absolute atomic E-state index is 13.5. The smallest absolute Gasteiger partial charge is 0.419 e. The van der Waals surface area contributed by atoms with Crippen molar-refractivity contribution >= 4 is 12.3 Å². The number of halogens is 4. The number of benzene rings is 1. The van der Waals surface area contributed by atoms with Crippen LogP contribution < -0.4 is 4.74 Å². The normalized spacial score (nSPS) is 11.9. The van der Waals surface area contributed by atoms with Crippen molar-refractivity contribution < 1.29 is 22.3 Å². The zero-order chi connectivity index (χ0) is 20.2. The van der Waals surface area contributed by atoms with Crippen molar-refractivity contribution in [1.29, 1.82) is 0 Å². The van der Waals surface area contributed by atoms with Crippen LogP contribution in [0, 0.1) is 12.7 Å². The molecule has 5 nitrogen and oxygen atoms in total. The van der Waals surface area contributed by atoms with Crippen LogP contribution >= 0.6 is 0 Å². The second kappa shape index (κ2) is 8.32. The first kappa shape index (κ1) is 20.6. The van der Waals surface area contributed by atoms with E-state index in [2.05, 4.69) is 15.0 Å². The molecular formula is C18H20F4N4O. The van der Waals surface area contributed by atoms with E-state index in [-0.39, 0.29) is 17.6 Å². The molecule has 1 heterocycles. The third-order valence-electron chi connectivity index (χ3n) is 3.84. The molecule has 0 saturated heterocycles. The maximum Gasteiger partial charge on any atom is 0.419 e. The Balaban J connectivity index is 2.43. The van der Waals surface area contributed by atoms with Gasteiger partial charge in [-0.25, -0.2) is 14.4 Å². The highest BCUT2D eigenvalue weighted by atomic mass is 19.4. The third kappa shape index (κ3) is 5.15. The van der Waals surface area contributed by atoms with Gasteiger partial charge in [-0.3, -0.25) is 0 Å². The number of alkyl halides is 3. The summed E-state index contributed by atoms with van der Waals surface area (Å²) in [6.45, 7) is 6.26. The molecule has 1 aromatic carbocycles. The maximum atomic E-state index is 13.5. The summed E-state index contributed by atoms with van der Waals surface area (Å²) in [5.41, 5.74) is -0.158. The minimum atomic E-state index is -4.82. The van der Waals surface area contributed by atoms with Crippen molar-refractivity contribution in [2.24, 2.45) is 4.99 Å². The fourth-order valence-corrected chi connectivity index (χ4v) is 2.23. The van der Waals surface area contributed by atoms with Crippen molar-refractivity contribution in [2.45, 2.75) is 33.4 Å². The number of aryl methyl sites for hydroxylation is 1. The number of aromatic nitrogens is 2. The number of hydrogen-bond donors (Lipinski definition) is 0. The highest BCUT2D eigenvalue weighted by molar-refractivity contribution is 5.58. The first-order valence-corrected chi connectivity index (χ1v) is 8.32. The Labute approximate surface area is 154 Å². The lowest BCUT2D eigenvalue weighted by Gasteiger charge is -2.14. The summed E-state index contributed by atoms with van der Waals surface area (Å²) in [6.07, 6.45) is -2.77. The van der Waals surface area contributed by atoms with Gasteiger partial charge in [-0.1, -0.05) is 6.92 Å². The van der Waals surface area contributed by atoms with Gasteiger partial charge in [-0.2, -0.15) is 18.2 Å². The van der Waals surface area contributed by atoms with Gasteiger partial charge in [-0.15, -0.1) is 0 Å². The largest absolute Gasteiger partial charge is 0.439 e. The van der Waals surface area contributed by atoms with Crippen LogP contribution in [0.5, 0.6) is 11.6 Å². The van der Waals surface area contributed by atoms with E-state index < -0.39 is 17.6 Å². The summed E-state index contributed by atoms with van der Waals surface area (Å²) in [5.74, 6) is -1.32. The van der Waals surface area contributed by atoms with Crippen LogP contribution in [0.25, 0.3) is 0 Å². The molecule has 27 heavy (non-hydrogen) atoms. The summed E-state index contributed by atoms with van der Waals surface area (Å²) >= 11 is 0. The molecule has 0 unspecified atom stereocenters. The van der Waals surface area contributed by atoms with E-state index in [1.165, 1.54) is 0 Å². The second-order valence-electron chi connectivity index (χ2n) is 5.81. The number of ether oxygens (including phenoxy) is 1. The lowest BCUT2D eigenvalue weighted by Crippen LogP contribution is -2.14. The Hall–Kier alpha value is -2.71. The van der Waals surface area contributed by atoms with Gasteiger partial charge in [0, 0.05) is 24.8 Å². The molecular weight excluding hydrogens is 364 g/mol. The van der Waals surface area contributed by atoms with Crippen molar-refractivity contribution in [1.82, 2.24) is 14.9 Å². The number of hydrogen-bond acceptors (Lipinski definition) is 4. The van der Waals surface area contributed by atoms with Gasteiger partial charge in [0.2, 0.25) is 5.88 Å². The van der Waals surface area contributed by atoms with Gasteiger partial charge < -0.3 is 9.64 Å². The molecule has 2 aromatic rings. The van der Waals surface area contributed by atoms with E-state index in [1.54, 1.807) is 13.3 Å². The fraction of sp³-hybridized carbons (Fsp3) is 0.389. The minimum Gasteiger partial charge on any atom is -0.439 e. The van der Waals surface area contributed by atoms with Crippen molar-refractivity contribution in [3.05, 3.63) is 40.8 Å². The number of nitrogens with zero attached hydrogens (tertiary/aromatic N) is 4. The summed E-state index contributed by atoms with van der Waals surface area (Å²) in [4.78, 5) is 14.4. The topological polar surface area (TPSA) is 50.6 Å². The Morgan fingerprint density at radius 1 is 1.22 bits per heavy atom. The lowest BCUT2D eigenvalue weighted by molar-refractivity contribution is -0.140. The molecule has 0 N–H and O–H groups in total. The SMILES string of the molecule is CCc1c(C)nc(/N=C/N(C)CC)nc1Oc1ccc(F)c(C(F)(F)F)c1. The summed E-state index contributed by atoms with van der Waals surface area (Å²) in [7, 11) is 1.82. The van der Waals surface area contributed by atoms with Gasteiger partial charge in [0.15, 0.2) is 0 Å². The molecule has 0 saturated carbocycles. The number of aliphatic imine (C=N–C) groups is 1. The van der Waals surface area contributed by atoms with E-state index in [9.17, 15) is 17.6 Å². The molecule has 0 aliphatic carbocycles. The zero-order valence-corrected chi connectivity index (χ0v) is 15.4. The van der Waals surface area contributed by atoms with E-state index >= 15 is 0 Å². The minimum absolute atomic E-state index is 0.0936. The molecule has 9 heteroatoms. The van der Waals surface area contributed by atoms with Gasteiger partial charge in [-0.05, 0) is 38.5 Å². The second-order valence-corrected chi connectivity index (χ2v) is 5.81. The molecule has 0 radical (unpaired) electrons. The van der Waals surface area contributed by atoms with Crippen LogP contribution in [0.15, 0.2) is 23.2 Å². The van der Waals surface area contributed by atoms with Gasteiger partial charge in [0.25, 0.3) is 5.95 Å². The zero-order valence-electron chi connectivity index (χ0n) is 15.4. The molecule has 2 rings (SSSR count). The fourth-order valence-electron chi connectivity index (χ4n) is 2.23. The Kier molecular flexibility index (Phi) is 6.35. The summed E-state index contributed by atoms with van der Waals surface area (Å²) < 4.78 is 57.7. The van der Waals surface area contributed by atoms with E-state index in [4.69, 9.17) is 4.74 Å². The number of rotatable bonds is 6. The van der Waals surface area contributed by atoms with Crippen molar-refractivity contribution in [3.8, 4) is 11.6 Å². The van der Waals surface area contributed by atoms with Gasteiger partial charge >= 0.3 is 6.18 Å². The molecule has 0 spiro atoms. The highest BCUT2D eigenvalue weighted by Crippen LogP contribution is 2.35. The van der Waals surface area contributed by atoms with Crippen LogP contribution in [-0.2, 0) is 12.6 Å². The molecule has 0 fully saturated rings. The Morgan fingerprint density at radius 2 is 1.93 bits per heavy atom. The van der Waals surface area contributed by atoms with Crippen LogP contribution in [0.3, 0.4) is 0 Å². The average molecular weight is 384 g/mol. The Morgan fingerprint density at radius 3 is 2.52 bits per heavy atom. The average Bonchev–Trinajstić information content (AvgIpc) is 2.60. The van der Waals surface area contributed by atoms with E-state index in [0.29, 0.717) is 29.8 Å². The molecule has 0 aliphatic rings. The first-order chi connectivity index (χ1) is 12.7. The molecule has 0 atom stereocenters. The quantitative estimate of drug-likeness (QED) is 0.403. The molecule has 146 valence electrons. The van der Waals surface area contributed by atoms with E-state index in [0.717, 1.165) is 12.6 Å². The standard InChI is InChI=1S/C18H20F4N4O/c1-5-13-11(3)24-17(23-10-26(4)6-2)25-16(13)27-12-7-8-15(19)14(9-12)18(20,21)22/h7-10H,5-6H2,1-4H3/b23-10+. The van der Waals surface area contributed by atoms with Crippen molar-refractivity contribution in [2.75, 3.05) is 13.6 Å². The molecule has 0 amide bonds. The van der Waals surface area contributed by atoms with Crippen LogP contribution in [0.4, 0.5) is 23.5 Å². The molecule has 1 aromatic heterocycles. The summed E-state index contributed by atoms with van der Waals surface area (Å²) in [5, 5.41) is 0. The van der Waals surface area contributed by atoms with Crippen LogP contribution in [0.2, 0.25) is 0 Å².